The van der Waals surface area contributed by atoms with E-state index in [0.717, 1.165) is 0 Å². The van der Waals surface area contributed by atoms with Crippen LogP contribution in [0.15, 0.2) is 72.8 Å². The minimum atomic E-state index is 1.28. The van der Waals surface area contributed by atoms with Crippen LogP contribution in [-0.4, -0.2) is 0 Å². The summed E-state index contributed by atoms with van der Waals surface area (Å²) in [6.45, 7) is 4.30. The van der Waals surface area contributed by atoms with E-state index < -0.39 is 0 Å². The quantitative estimate of drug-likeness (QED) is 0.558. The van der Waals surface area contributed by atoms with Gasteiger partial charge in [-0.3, -0.25) is 0 Å². The molecule has 0 saturated carbocycles. The maximum atomic E-state index is 2.21. The monoisotopic (exact) mass is 258 g/mol. The van der Waals surface area contributed by atoms with Crippen molar-refractivity contribution in [1.29, 1.82) is 0 Å². The minimum absolute atomic E-state index is 1.28. The zero-order chi connectivity index (χ0) is 13.9. The normalized spacial score (nSPS) is 10.5. The minimum Gasteiger partial charge on any atom is -0.0622 e. The van der Waals surface area contributed by atoms with Crippen molar-refractivity contribution < 1.29 is 0 Å². The fraction of sp³-hybridized carbons (Fsp3) is 0.100. The third kappa shape index (κ3) is 2.37. The standard InChI is InChI=1S/C20H18/c1-15-11-13-17(14-12-15)19-10-6-7-16(2)20(19)18-8-4-3-5-9-18/h3-14H,1-2H3. The topological polar surface area (TPSA) is 0 Å². The summed E-state index contributed by atoms with van der Waals surface area (Å²) in [5.74, 6) is 0. The lowest BCUT2D eigenvalue weighted by Crippen LogP contribution is -1.89. The molecule has 0 aliphatic rings. The molecule has 0 amide bonds. The van der Waals surface area contributed by atoms with Crippen LogP contribution in [0.3, 0.4) is 0 Å². The molecule has 0 N–H and O–H groups in total. The zero-order valence-electron chi connectivity index (χ0n) is 11.9. The Morgan fingerprint density at radius 1 is 0.550 bits per heavy atom. The Morgan fingerprint density at radius 2 is 1.25 bits per heavy atom. The Balaban J connectivity index is 2.22. The Hall–Kier alpha value is -2.34. The van der Waals surface area contributed by atoms with Crippen molar-refractivity contribution in [1.82, 2.24) is 0 Å². The molecule has 3 aromatic carbocycles. The molecule has 0 heterocycles. The van der Waals surface area contributed by atoms with Crippen LogP contribution >= 0.6 is 0 Å². The van der Waals surface area contributed by atoms with Gasteiger partial charge in [-0.05, 0) is 41.7 Å². The molecule has 3 rings (SSSR count). The van der Waals surface area contributed by atoms with Crippen LogP contribution in [0.2, 0.25) is 0 Å². The first-order chi connectivity index (χ1) is 9.75. The number of hydrogen-bond acceptors (Lipinski definition) is 0. The van der Waals surface area contributed by atoms with Crippen LogP contribution in [0.1, 0.15) is 11.1 Å². The van der Waals surface area contributed by atoms with Crippen LogP contribution in [0.25, 0.3) is 22.3 Å². The lowest BCUT2D eigenvalue weighted by Gasteiger charge is -2.13. The highest BCUT2D eigenvalue weighted by molar-refractivity contribution is 5.85. The Bertz CT molecular complexity index is 707. The van der Waals surface area contributed by atoms with E-state index in [2.05, 4.69) is 86.6 Å². The highest BCUT2D eigenvalue weighted by atomic mass is 14.1. The molecule has 0 aromatic heterocycles. The number of benzene rings is 3. The molecule has 20 heavy (non-hydrogen) atoms. The van der Waals surface area contributed by atoms with Gasteiger partial charge in [0.2, 0.25) is 0 Å². The summed E-state index contributed by atoms with van der Waals surface area (Å²) >= 11 is 0. The maximum Gasteiger partial charge on any atom is -0.00761 e. The summed E-state index contributed by atoms with van der Waals surface area (Å²) in [6, 6.07) is 25.9. The SMILES string of the molecule is Cc1ccc(-c2cccc(C)c2-c2ccccc2)cc1. The molecule has 0 bridgehead atoms. The third-order valence-corrected chi connectivity index (χ3v) is 3.70. The highest BCUT2D eigenvalue weighted by Crippen LogP contribution is 2.34. The van der Waals surface area contributed by atoms with Crippen molar-refractivity contribution in [2.45, 2.75) is 13.8 Å². The maximum absolute atomic E-state index is 2.21. The van der Waals surface area contributed by atoms with Gasteiger partial charge in [0.15, 0.2) is 0 Å². The first-order valence-corrected chi connectivity index (χ1v) is 6.98. The molecule has 0 heteroatoms. The summed E-state index contributed by atoms with van der Waals surface area (Å²) in [5.41, 5.74) is 7.80. The van der Waals surface area contributed by atoms with E-state index in [1.165, 1.54) is 33.4 Å². The van der Waals surface area contributed by atoms with Crippen molar-refractivity contribution in [3.8, 4) is 22.3 Å². The molecular weight excluding hydrogens is 240 g/mol. The Kier molecular flexibility index (Phi) is 3.39. The predicted octanol–water partition coefficient (Wildman–Crippen LogP) is 5.64. The first-order valence-electron chi connectivity index (χ1n) is 6.98. The molecule has 0 radical (unpaired) electrons. The Labute approximate surface area is 120 Å². The van der Waals surface area contributed by atoms with Crippen molar-refractivity contribution in [2.24, 2.45) is 0 Å². The van der Waals surface area contributed by atoms with E-state index in [9.17, 15) is 0 Å². The third-order valence-electron chi connectivity index (χ3n) is 3.70. The van der Waals surface area contributed by atoms with Gasteiger partial charge in [0.25, 0.3) is 0 Å². The van der Waals surface area contributed by atoms with Gasteiger partial charge in [-0.2, -0.15) is 0 Å². The fourth-order valence-corrected chi connectivity index (χ4v) is 2.63. The van der Waals surface area contributed by atoms with E-state index in [4.69, 9.17) is 0 Å². The van der Waals surface area contributed by atoms with E-state index in [0.29, 0.717) is 0 Å². The van der Waals surface area contributed by atoms with E-state index in [1.807, 2.05) is 0 Å². The van der Waals surface area contributed by atoms with Crippen molar-refractivity contribution in [3.05, 3.63) is 83.9 Å². The number of hydrogen-bond donors (Lipinski definition) is 0. The van der Waals surface area contributed by atoms with E-state index >= 15 is 0 Å². The first kappa shape index (κ1) is 12.7. The van der Waals surface area contributed by atoms with Crippen molar-refractivity contribution >= 4 is 0 Å². The Morgan fingerprint density at radius 3 is 1.95 bits per heavy atom. The fourth-order valence-electron chi connectivity index (χ4n) is 2.63. The van der Waals surface area contributed by atoms with E-state index in [1.54, 1.807) is 0 Å². The van der Waals surface area contributed by atoms with Gasteiger partial charge in [0.1, 0.15) is 0 Å². The molecule has 0 saturated heterocycles. The van der Waals surface area contributed by atoms with Crippen LogP contribution in [-0.2, 0) is 0 Å². The van der Waals surface area contributed by atoms with Crippen LogP contribution in [0.5, 0.6) is 0 Å². The van der Waals surface area contributed by atoms with Gasteiger partial charge in [-0.25, -0.2) is 0 Å². The average Bonchev–Trinajstić information content (AvgIpc) is 2.49. The van der Waals surface area contributed by atoms with Crippen molar-refractivity contribution in [2.75, 3.05) is 0 Å². The van der Waals surface area contributed by atoms with Gasteiger partial charge >= 0.3 is 0 Å². The van der Waals surface area contributed by atoms with Gasteiger partial charge in [0.05, 0.1) is 0 Å². The number of aryl methyl sites for hydroxylation is 2. The molecule has 0 aliphatic heterocycles. The molecule has 98 valence electrons. The second-order valence-corrected chi connectivity index (χ2v) is 5.23. The summed E-state index contributed by atoms with van der Waals surface area (Å²) in [5, 5.41) is 0. The second kappa shape index (κ2) is 5.34. The second-order valence-electron chi connectivity index (χ2n) is 5.23. The highest BCUT2D eigenvalue weighted by Gasteiger charge is 2.09. The predicted molar refractivity (Wildman–Crippen MR) is 86.8 cm³/mol. The van der Waals surface area contributed by atoms with Crippen LogP contribution < -0.4 is 0 Å². The van der Waals surface area contributed by atoms with Crippen molar-refractivity contribution in [3.63, 3.8) is 0 Å². The largest absolute Gasteiger partial charge is 0.0622 e. The molecule has 3 aromatic rings. The van der Waals surface area contributed by atoms with Crippen LogP contribution in [0, 0.1) is 13.8 Å². The lowest BCUT2D eigenvalue weighted by molar-refractivity contribution is 1.43. The summed E-state index contributed by atoms with van der Waals surface area (Å²) in [4.78, 5) is 0. The van der Waals surface area contributed by atoms with E-state index in [-0.39, 0.29) is 0 Å². The summed E-state index contributed by atoms with van der Waals surface area (Å²) in [7, 11) is 0. The molecule has 0 unspecified atom stereocenters. The molecule has 0 nitrogen and oxygen atoms in total. The molecule has 0 atom stereocenters. The smallest absolute Gasteiger partial charge is 0.00761 e. The molecule has 0 fully saturated rings. The molecule has 0 aliphatic carbocycles. The average molecular weight is 258 g/mol. The molecular formula is C20H18. The summed E-state index contributed by atoms with van der Waals surface area (Å²) in [6.07, 6.45) is 0. The van der Waals surface area contributed by atoms with Gasteiger partial charge in [-0.15, -0.1) is 0 Å². The van der Waals surface area contributed by atoms with Crippen LogP contribution in [0.4, 0.5) is 0 Å². The van der Waals surface area contributed by atoms with Gasteiger partial charge in [0, 0.05) is 0 Å². The zero-order valence-corrected chi connectivity index (χ0v) is 11.9. The van der Waals surface area contributed by atoms with Gasteiger partial charge in [-0.1, -0.05) is 78.4 Å². The lowest BCUT2D eigenvalue weighted by atomic mass is 9.91. The van der Waals surface area contributed by atoms with Gasteiger partial charge < -0.3 is 0 Å². The molecule has 0 spiro atoms. The summed E-state index contributed by atoms with van der Waals surface area (Å²) < 4.78 is 0. The number of rotatable bonds is 2.